The molecule has 7 nitrogen and oxygen atoms in total. The Bertz CT molecular complexity index is 1300. The zero-order valence-corrected chi connectivity index (χ0v) is 22.8. The van der Waals surface area contributed by atoms with Crippen molar-refractivity contribution in [3.8, 4) is 21.9 Å². The monoisotopic (exact) mass is 516 g/mol. The van der Waals surface area contributed by atoms with Crippen LogP contribution >= 0.6 is 11.3 Å². The molecule has 0 atom stereocenters. The second-order valence-corrected chi connectivity index (χ2v) is 12.3. The number of hydrogen-bond donors (Lipinski definition) is 1. The molecule has 0 spiro atoms. The predicted molar refractivity (Wildman–Crippen MR) is 140 cm³/mol. The number of sulfonamides is 1. The number of nitrogens with one attached hydrogen (secondary N) is 1. The molecule has 0 amide bonds. The van der Waals surface area contributed by atoms with Gasteiger partial charge in [-0.05, 0) is 68.8 Å². The third-order valence-electron chi connectivity index (χ3n) is 5.18. The summed E-state index contributed by atoms with van der Waals surface area (Å²) in [5, 5.41) is 0.708. The van der Waals surface area contributed by atoms with Crippen LogP contribution in [0.25, 0.3) is 10.4 Å². The Morgan fingerprint density at radius 2 is 1.77 bits per heavy atom. The molecule has 0 unspecified atom stereocenters. The van der Waals surface area contributed by atoms with Crippen molar-refractivity contribution < 1.29 is 22.7 Å². The quantitative estimate of drug-likeness (QED) is 0.382. The lowest BCUT2D eigenvalue weighted by Crippen LogP contribution is -2.21. The largest absolute Gasteiger partial charge is 0.495 e. The first-order valence-electron chi connectivity index (χ1n) is 11.3. The maximum absolute atomic E-state index is 13.3. The van der Waals surface area contributed by atoms with Gasteiger partial charge < -0.3 is 9.47 Å². The maximum atomic E-state index is 13.3. The molecular formula is C26H32N2O5S2. The molecule has 3 rings (SSSR count). The Kier molecular flexibility index (Phi) is 7.91. The summed E-state index contributed by atoms with van der Waals surface area (Å²) in [6.07, 6.45) is 0.265. The minimum absolute atomic E-state index is 0.0140. The van der Waals surface area contributed by atoms with Crippen LogP contribution in [-0.4, -0.2) is 32.4 Å². The first kappa shape index (κ1) is 26.7. The molecule has 0 bridgehead atoms. The molecule has 2 aromatic carbocycles. The van der Waals surface area contributed by atoms with Crippen molar-refractivity contribution in [1.29, 1.82) is 0 Å². The SMILES string of the molecule is COc1ccc(-c2sc(CC(=O)C(C)(C)C)nc2C)cc1S(=O)(=O)Nc1ccc(OC(C)C)cc1. The molecule has 0 radical (unpaired) electrons. The van der Waals surface area contributed by atoms with Crippen molar-refractivity contribution in [3.05, 3.63) is 53.2 Å². The van der Waals surface area contributed by atoms with Crippen molar-refractivity contribution in [2.45, 2.75) is 59.0 Å². The van der Waals surface area contributed by atoms with Crippen LogP contribution in [0.1, 0.15) is 45.3 Å². The number of methoxy groups -OCH3 is 1. The van der Waals surface area contributed by atoms with Crippen LogP contribution in [0, 0.1) is 12.3 Å². The second kappa shape index (κ2) is 10.4. The second-order valence-electron chi connectivity index (χ2n) is 9.53. The fourth-order valence-electron chi connectivity index (χ4n) is 3.31. The van der Waals surface area contributed by atoms with E-state index in [-0.39, 0.29) is 29.0 Å². The van der Waals surface area contributed by atoms with Gasteiger partial charge in [-0.3, -0.25) is 9.52 Å². The molecule has 0 saturated carbocycles. The molecule has 0 aliphatic heterocycles. The summed E-state index contributed by atoms with van der Waals surface area (Å²) in [5.41, 5.74) is 1.39. The van der Waals surface area contributed by atoms with Gasteiger partial charge in [-0.1, -0.05) is 20.8 Å². The highest BCUT2D eigenvalue weighted by atomic mass is 32.2. The van der Waals surface area contributed by atoms with Gasteiger partial charge in [0.05, 0.1) is 30.2 Å². The first-order valence-corrected chi connectivity index (χ1v) is 13.6. The molecule has 188 valence electrons. The van der Waals surface area contributed by atoms with Gasteiger partial charge in [0.2, 0.25) is 0 Å². The highest BCUT2D eigenvalue weighted by Gasteiger charge is 2.25. The van der Waals surface area contributed by atoms with E-state index in [2.05, 4.69) is 9.71 Å². The summed E-state index contributed by atoms with van der Waals surface area (Å²) in [6.45, 7) is 11.4. The van der Waals surface area contributed by atoms with Crippen LogP contribution in [0.3, 0.4) is 0 Å². The van der Waals surface area contributed by atoms with Gasteiger partial charge in [0, 0.05) is 11.1 Å². The zero-order chi connectivity index (χ0) is 26.0. The van der Waals surface area contributed by atoms with Crippen LogP contribution < -0.4 is 14.2 Å². The maximum Gasteiger partial charge on any atom is 0.265 e. The van der Waals surface area contributed by atoms with E-state index in [1.807, 2.05) is 41.5 Å². The van der Waals surface area contributed by atoms with Gasteiger partial charge in [0.1, 0.15) is 27.2 Å². The van der Waals surface area contributed by atoms with Crippen LogP contribution in [0.2, 0.25) is 0 Å². The number of aryl methyl sites for hydroxylation is 1. The molecule has 0 aliphatic rings. The molecule has 1 heterocycles. The number of ether oxygens (including phenoxy) is 2. The minimum Gasteiger partial charge on any atom is -0.495 e. The number of carbonyl (C=O) groups excluding carboxylic acids is 1. The van der Waals surface area contributed by atoms with Crippen molar-refractivity contribution in [1.82, 2.24) is 4.98 Å². The number of carbonyl (C=O) groups is 1. The summed E-state index contributed by atoms with van der Waals surface area (Å²) in [5.74, 6) is 0.986. The zero-order valence-electron chi connectivity index (χ0n) is 21.1. The highest BCUT2D eigenvalue weighted by Crippen LogP contribution is 2.36. The van der Waals surface area contributed by atoms with Crippen LogP contribution in [0.15, 0.2) is 47.4 Å². The molecule has 1 N–H and O–H groups in total. The van der Waals surface area contributed by atoms with Gasteiger partial charge in [-0.25, -0.2) is 13.4 Å². The fourth-order valence-corrected chi connectivity index (χ4v) is 5.62. The Hall–Kier alpha value is -2.91. The lowest BCUT2D eigenvalue weighted by molar-refractivity contribution is -0.125. The lowest BCUT2D eigenvalue weighted by atomic mass is 9.89. The van der Waals surface area contributed by atoms with Crippen molar-refractivity contribution in [3.63, 3.8) is 0 Å². The average Bonchev–Trinajstić information content (AvgIpc) is 3.13. The third kappa shape index (κ3) is 6.61. The van der Waals surface area contributed by atoms with Gasteiger partial charge in [-0.15, -0.1) is 11.3 Å². The first-order chi connectivity index (χ1) is 16.3. The Morgan fingerprint density at radius 1 is 1.11 bits per heavy atom. The van der Waals surface area contributed by atoms with Crippen LogP contribution in [-0.2, 0) is 21.2 Å². The molecule has 0 fully saturated rings. The summed E-state index contributed by atoms with van der Waals surface area (Å²) < 4.78 is 40.2. The molecular weight excluding hydrogens is 484 g/mol. The lowest BCUT2D eigenvalue weighted by Gasteiger charge is -2.15. The smallest absolute Gasteiger partial charge is 0.265 e. The molecule has 0 saturated heterocycles. The van der Waals surface area contributed by atoms with Crippen LogP contribution in [0.5, 0.6) is 11.5 Å². The van der Waals surface area contributed by atoms with Gasteiger partial charge >= 0.3 is 0 Å². The molecule has 35 heavy (non-hydrogen) atoms. The third-order valence-corrected chi connectivity index (χ3v) is 7.79. The van der Waals surface area contributed by atoms with Gasteiger partial charge in [0.25, 0.3) is 10.0 Å². The molecule has 0 aliphatic carbocycles. The highest BCUT2D eigenvalue weighted by molar-refractivity contribution is 7.92. The molecule has 9 heteroatoms. The summed E-state index contributed by atoms with van der Waals surface area (Å²) in [6, 6.07) is 11.7. The molecule has 1 aromatic heterocycles. The summed E-state index contributed by atoms with van der Waals surface area (Å²) >= 11 is 1.40. The number of ketones is 1. The fraction of sp³-hybridized carbons (Fsp3) is 0.385. The Balaban J connectivity index is 1.92. The van der Waals surface area contributed by atoms with E-state index in [1.54, 1.807) is 42.5 Å². The predicted octanol–water partition coefficient (Wildman–Crippen LogP) is 5.87. The number of hydrogen-bond acceptors (Lipinski definition) is 7. The van der Waals surface area contributed by atoms with E-state index in [1.165, 1.54) is 18.4 Å². The standard InChI is InChI=1S/C26H32N2O5S2/c1-16(2)33-20-11-9-19(10-12-20)28-35(30,31)22-14-18(8-13-21(22)32-7)25-17(3)27-24(34-25)15-23(29)26(4,5)6/h8-14,16,28H,15H2,1-7H3. The number of benzene rings is 2. The van der Waals surface area contributed by atoms with Crippen molar-refractivity contribution in [2.24, 2.45) is 5.41 Å². The summed E-state index contributed by atoms with van der Waals surface area (Å²) in [7, 11) is -2.52. The van der Waals surface area contributed by atoms with Gasteiger partial charge in [-0.2, -0.15) is 0 Å². The number of anilines is 1. The van der Waals surface area contributed by atoms with Crippen molar-refractivity contribution in [2.75, 3.05) is 11.8 Å². The summed E-state index contributed by atoms with van der Waals surface area (Å²) in [4.78, 5) is 17.9. The number of rotatable bonds is 9. The topological polar surface area (TPSA) is 94.6 Å². The van der Waals surface area contributed by atoms with Gasteiger partial charge in [0.15, 0.2) is 0 Å². The minimum atomic E-state index is -3.95. The Morgan fingerprint density at radius 3 is 2.34 bits per heavy atom. The normalized spacial score (nSPS) is 12.0. The van der Waals surface area contributed by atoms with Crippen LogP contribution in [0.4, 0.5) is 5.69 Å². The number of thiazole rings is 1. The molecule has 3 aromatic rings. The van der Waals surface area contributed by atoms with E-state index < -0.39 is 15.4 Å². The van der Waals surface area contributed by atoms with E-state index in [0.717, 1.165) is 10.6 Å². The number of nitrogens with zero attached hydrogens (tertiary/aromatic N) is 1. The van der Waals surface area contributed by atoms with E-state index >= 15 is 0 Å². The van der Waals surface area contributed by atoms with E-state index in [0.29, 0.717) is 22.0 Å². The average molecular weight is 517 g/mol. The van der Waals surface area contributed by atoms with E-state index in [9.17, 15) is 13.2 Å². The number of Topliss-reactive ketones (excluding diaryl/α,β-unsaturated/α-hetero) is 1. The Labute approximate surface area is 211 Å². The number of aromatic nitrogens is 1. The van der Waals surface area contributed by atoms with Crippen molar-refractivity contribution >= 4 is 32.8 Å². The van der Waals surface area contributed by atoms with E-state index in [4.69, 9.17) is 9.47 Å².